The highest BCUT2D eigenvalue weighted by molar-refractivity contribution is 7.89. The molecule has 10 nitrogen and oxygen atoms in total. The van der Waals surface area contributed by atoms with Gasteiger partial charge in [0.1, 0.15) is 34.1 Å². The number of aromatic carboxylic acids is 2. The molecular formula is C16H14O10S. The molecule has 0 amide bonds. The number of carboxylic acids is 2. The van der Waals surface area contributed by atoms with E-state index in [1.807, 2.05) is 0 Å². The van der Waals surface area contributed by atoms with Crippen molar-refractivity contribution in [3.8, 4) is 23.0 Å². The number of phenols is 4. The van der Waals surface area contributed by atoms with Crippen LogP contribution in [0.15, 0.2) is 24.3 Å². The van der Waals surface area contributed by atoms with Crippen LogP contribution in [-0.2, 0) is 21.3 Å². The van der Waals surface area contributed by atoms with Crippen LogP contribution in [-0.4, -0.2) is 51.0 Å². The first kappa shape index (κ1) is 19.8. The number of carboxylic acid groups (broad SMARTS) is 2. The summed E-state index contributed by atoms with van der Waals surface area (Å²) in [6.07, 6.45) is 0. The lowest BCUT2D eigenvalue weighted by Gasteiger charge is -2.11. The molecule has 11 heteroatoms. The van der Waals surface area contributed by atoms with E-state index in [9.17, 15) is 38.4 Å². The minimum absolute atomic E-state index is 0.398. The Kier molecular flexibility index (Phi) is 5.17. The zero-order chi connectivity index (χ0) is 20.5. The molecule has 2 aromatic rings. The van der Waals surface area contributed by atoms with Gasteiger partial charge in [-0.15, -0.1) is 0 Å². The van der Waals surface area contributed by atoms with E-state index in [-0.39, 0.29) is 0 Å². The van der Waals surface area contributed by atoms with Crippen LogP contribution in [0.5, 0.6) is 23.0 Å². The van der Waals surface area contributed by atoms with Crippen molar-refractivity contribution >= 4 is 21.8 Å². The Morgan fingerprint density at radius 2 is 1.04 bits per heavy atom. The topological polar surface area (TPSA) is 190 Å². The number of benzene rings is 2. The van der Waals surface area contributed by atoms with Crippen molar-refractivity contribution in [2.75, 3.05) is 0 Å². The van der Waals surface area contributed by atoms with E-state index in [1.54, 1.807) is 0 Å². The van der Waals surface area contributed by atoms with Crippen molar-refractivity contribution in [2.24, 2.45) is 0 Å². The highest BCUT2D eigenvalue weighted by Gasteiger charge is 2.24. The Morgan fingerprint density at radius 3 is 1.33 bits per heavy atom. The first-order valence-corrected chi connectivity index (χ1v) is 9.00. The van der Waals surface area contributed by atoms with Gasteiger partial charge in [0.15, 0.2) is 9.84 Å². The van der Waals surface area contributed by atoms with Gasteiger partial charge in [-0.2, -0.15) is 0 Å². The summed E-state index contributed by atoms with van der Waals surface area (Å²) in [5, 5.41) is 56.8. The van der Waals surface area contributed by atoms with E-state index < -0.39 is 78.5 Å². The Balaban J connectivity index is 2.43. The fraction of sp³-hybridized carbons (Fsp3) is 0.125. The predicted octanol–water partition coefficient (Wildman–Crippen LogP) is 1.02. The van der Waals surface area contributed by atoms with E-state index in [0.717, 1.165) is 24.3 Å². The number of hydrogen-bond acceptors (Lipinski definition) is 8. The second-order valence-corrected chi connectivity index (χ2v) is 7.71. The van der Waals surface area contributed by atoms with Crippen LogP contribution in [0.4, 0.5) is 0 Å². The van der Waals surface area contributed by atoms with Gasteiger partial charge in [0.05, 0.1) is 11.5 Å². The first-order chi connectivity index (χ1) is 12.4. The average Bonchev–Trinajstić information content (AvgIpc) is 2.52. The summed E-state index contributed by atoms with van der Waals surface area (Å²) in [7, 11) is -4.18. The molecule has 0 aromatic heterocycles. The quantitative estimate of drug-likeness (QED) is 0.383. The molecule has 6 N–H and O–H groups in total. The average molecular weight is 398 g/mol. The van der Waals surface area contributed by atoms with Crippen LogP contribution in [0.2, 0.25) is 0 Å². The molecule has 0 saturated heterocycles. The third-order valence-electron chi connectivity index (χ3n) is 3.56. The van der Waals surface area contributed by atoms with Gasteiger partial charge in [0, 0.05) is 11.1 Å². The third kappa shape index (κ3) is 4.39. The SMILES string of the molecule is O=C(O)c1cc(O)cc(CS(=O)(=O)Cc2cc(O)cc(C(=O)O)c2O)c1O. The molecule has 0 radical (unpaired) electrons. The molecule has 0 unspecified atom stereocenters. The Hall–Kier alpha value is -3.47. The van der Waals surface area contributed by atoms with E-state index >= 15 is 0 Å². The largest absolute Gasteiger partial charge is 0.508 e. The fourth-order valence-corrected chi connectivity index (χ4v) is 3.92. The summed E-state index contributed by atoms with van der Waals surface area (Å²) < 4.78 is 24.8. The van der Waals surface area contributed by atoms with Crippen LogP contribution in [0.3, 0.4) is 0 Å². The maximum absolute atomic E-state index is 12.4. The minimum Gasteiger partial charge on any atom is -0.508 e. The van der Waals surface area contributed by atoms with Crippen LogP contribution in [0, 0.1) is 0 Å². The Morgan fingerprint density at radius 1 is 0.704 bits per heavy atom. The Bertz CT molecular complexity index is 962. The summed E-state index contributed by atoms with van der Waals surface area (Å²) in [6.45, 7) is 0. The summed E-state index contributed by atoms with van der Waals surface area (Å²) in [4.78, 5) is 22.1. The van der Waals surface area contributed by atoms with E-state index in [0.29, 0.717) is 0 Å². The number of phenolic OH excluding ortho intramolecular Hbond substituents is 2. The summed E-state index contributed by atoms with van der Waals surface area (Å²) >= 11 is 0. The van der Waals surface area contributed by atoms with Gasteiger partial charge in [-0.05, 0) is 24.3 Å². The molecule has 0 aliphatic heterocycles. The molecule has 144 valence electrons. The summed E-state index contributed by atoms with van der Waals surface area (Å²) in [5.41, 5.74) is -2.20. The molecule has 0 spiro atoms. The summed E-state index contributed by atoms with van der Waals surface area (Å²) in [6, 6.07) is 3.22. The zero-order valence-corrected chi connectivity index (χ0v) is 14.3. The van der Waals surface area contributed by atoms with Gasteiger partial charge < -0.3 is 30.6 Å². The monoisotopic (exact) mass is 398 g/mol. The molecule has 0 aliphatic rings. The molecule has 0 heterocycles. The van der Waals surface area contributed by atoms with Gasteiger partial charge in [-0.1, -0.05) is 0 Å². The number of sulfone groups is 1. The first-order valence-electron chi connectivity index (χ1n) is 7.18. The lowest BCUT2D eigenvalue weighted by molar-refractivity contribution is 0.0682. The van der Waals surface area contributed by atoms with Gasteiger partial charge in [0.2, 0.25) is 0 Å². The van der Waals surface area contributed by atoms with Gasteiger partial charge in [-0.3, -0.25) is 0 Å². The molecule has 27 heavy (non-hydrogen) atoms. The minimum atomic E-state index is -4.18. The van der Waals surface area contributed by atoms with Gasteiger partial charge in [0.25, 0.3) is 0 Å². The molecule has 0 aliphatic carbocycles. The zero-order valence-electron chi connectivity index (χ0n) is 13.4. The number of carbonyl (C=O) groups is 2. The maximum Gasteiger partial charge on any atom is 0.339 e. The van der Waals surface area contributed by atoms with Crippen LogP contribution < -0.4 is 0 Å². The molecule has 0 fully saturated rings. The lowest BCUT2D eigenvalue weighted by atomic mass is 10.1. The molecule has 2 rings (SSSR count). The number of rotatable bonds is 6. The lowest BCUT2D eigenvalue weighted by Crippen LogP contribution is -2.10. The second-order valence-electron chi connectivity index (χ2n) is 5.64. The molecular weight excluding hydrogens is 384 g/mol. The van der Waals surface area contributed by atoms with Crippen molar-refractivity contribution < 1.29 is 48.6 Å². The van der Waals surface area contributed by atoms with Crippen molar-refractivity contribution in [2.45, 2.75) is 11.5 Å². The van der Waals surface area contributed by atoms with Crippen molar-refractivity contribution in [3.63, 3.8) is 0 Å². The molecule has 0 saturated carbocycles. The smallest absolute Gasteiger partial charge is 0.339 e. The van der Waals surface area contributed by atoms with E-state index in [4.69, 9.17) is 10.2 Å². The maximum atomic E-state index is 12.4. The van der Waals surface area contributed by atoms with Crippen LogP contribution >= 0.6 is 0 Å². The van der Waals surface area contributed by atoms with Crippen LogP contribution in [0.25, 0.3) is 0 Å². The molecule has 2 aromatic carbocycles. The predicted molar refractivity (Wildman–Crippen MR) is 89.8 cm³/mol. The molecule has 0 atom stereocenters. The number of hydrogen-bond donors (Lipinski definition) is 6. The Labute approximate surface area is 152 Å². The van der Waals surface area contributed by atoms with Gasteiger partial charge >= 0.3 is 11.9 Å². The second kappa shape index (κ2) is 7.03. The normalized spacial score (nSPS) is 11.3. The van der Waals surface area contributed by atoms with Crippen molar-refractivity contribution in [3.05, 3.63) is 46.5 Å². The summed E-state index contributed by atoms with van der Waals surface area (Å²) in [5.74, 6) is -7.86. The van der Waals surface area contributed by atoms with E-state index in [2.05, 4.69) is 0 Å². The third-order valence-corrected chi connectivity index (χ3v) is 5.06. The van der Waals surface area contributed by atoms with Crippen molar-refractivity contribution in [1.29, 1.82) is 0 Å². The molecule has 0 bridgehead atoms. The highest BCUT2D eigenvalue weighted by atomic mass is 32.2. The van der Waals surface area contributed by atoms with E-state index in [1.165, 1.54) is 0 Å². The van der Waals surface area contributed by atoms with Gasteiger partial charge in [-0.25, -0.2) is 18.0 Å². The van der Waals surface area contributed by atoms with Crippen molar-refractivity contribution in [1.82, 2.24) is 0 Å². The number of aromatic hydroxyl groups is 4. The van der Waals surface area contributed by atoms with Crippen LogP contribution in [0.1, 0.15) is 31.8 Å². The standard InChI is InChI=1S/C16H14O10S/c17-9-1-7(13(19)11(3-9)15(21)22)5-27(25,26)6-8-2-10(18)4-12(14(8)20)16(23)24/h1-4,17-20H,5-6H2,(H,21,22)(H,23,24). The fourth-order valence-electron chi connectivity index (χ4n) is 2.43. The highest BCUT2D eigenvalue weighted by Crippen LogP contribution is 2.33.